The van der Waals surface area contributed by atoms with Crippen LogP contribution in [0.5, 0.6) is 0 Å². The van der Waals surface area contributed by atoms with Gasteiger partial charge in [-0.2, -0.15) is 4.57 Å². The molecule has 2 rings (SSSR count). The fourth-order valence-electron chi connectivity index (χ4n) is 1.87. The van der Waals surface area contributed by atoms with Crippen LogP contribution in [0.15, 0.2) is 18.2 Å². The normalized spacial score (nSPS) is 10.1. The van der Waals surface area contributed by atoms with Gasteiger partial charge < -0.3 is 29.3 Å². The lowest BCUT2D eigenvalue weighted by molar-refractivity contribution is -0.669. The summed E-state index contributed by atoms with van der Waals surface area (Å²) in [6.45, 7) is 6.72. The number of halogens is 1. The van der Waals surface area contributed by atoms with Gasteiger partial charge in [-0.15, -0.1) is 0 Å². The van der Waals surface area contributed by atoms with Crippen LogP contribution in [-0.2, 0) is 11.3 Å². The van der Waals surface area contributed by atoms with E-state index in [-0.39, 0.29) is 29.9 Å². The third kappa shape index (κ3) is 2.95. The lowest BCUT2D eigenvalue weighted by Crippen LogP contribution is -3.00. The maximum Gasteiger partial charge on any atom is 0.235 e. The van der Waals surface area contributed by atoms with Crippen LogP contribution in [0, 0.1) is 6.92 Å². The molecule has 1 heterocycles. The molecule has 0 fully saturated rings. The molecule has 1 aromatic carbocycles. The highest BCUT2D eigenvalue weighted by Gasteiger charge is 2.15. The number of amides is 1. The topological polar surface area (TPSA) is 33.0 Å². The van der Waals surface area contributed by atoms with Gasteiger partial charge in [-0.1, -0.05) is 11.3 Å². The number of nitrogens with one attached hydrogen (secondary N) is 1. The van der Waals surface area contributed by atoms with Gasteiger partial charge in [0.2, 0.25) is 16.4 Å². The lowest BCUT2D eigenvalue weighted by Gasteiger charge is -1.99. The number of carbonyl (C=O) groups is 1. The summed E-state index contributed by atoms with van der Waals surface area (Å²) in [5.74, 6) is -0.0330. The van der Waals surface area contributed by atoms with E-state index in [0.717, 1.165) is 12.2 Å². The molecule has 0 spiro atoms. The molecule has 2 aromatic rings. The van der Waals surface area contributed by atoms with E-state index in [4.69, 9.17) is 0 Å². The van der Waals surface area contributed by atoms with Crippen LogP contribution in [0.4, 0.5) is 5.69 Å². The van der Waals surface area contributed by atoms with Gasteiger partial charge in [0, 0.05) is 25.6 Å². The summed E-state index contributed by atoms with van der Waals surface area (Å²) in [7, 11) is 0. The Kier molecular flexibility index (Phi) is 4.88. The number of fused-ring (bicyclic) bond motifs is 1. The number of benzene rings is 1. The molecule has 1 aromatic heterocycles. The zero-order valence-corrected chi connectivity index (χ0v) is 13.1. The zero-order valence-electron chi connectivity index (χ0n) is 10.1. The Labute approximate surface area is 122 Å². The van der Waals surface area contributed by atoms with Crippen molar-refractivity contribution in [3.05, 3.63) is 23.2 Å². The molecule has 0 aliphatic carbocycles. The molecule has 92 valence electrons. The van der Waals surface area contributed by atoms with E-state index < -0.39 is 0 Å². The lowest BCUT2D eigenvalue weighted by atomic mass is 10.3. The average Bonchev–Trinajstić information content (AvgIpc) is 2.52. The van der Waals surface area contributed by atoms with Crippen LogP contribution in [-0.4, -0.2) is 5.91 Å². The van der Waals surface area contributed by atoms with E-state index in [1.807, 2.05) is 12.1 Å². The van der Waals surface area contributed by atoms with E-state index in [9.17, 15) is 4.79 Å². The summed E-state index contributed by atoms with van der Waals surface area (Å²) in [6, 6.07) is 6.04. The van der Waals surface area contributed by atoms with E-state index >= 15 is 0 Å². The molecule has 1 amide bonds. The summed E-state index contributed by atoms with van der Waals surface area (Å²) in [4.78, 5) is 11.0. The third-order valence-electron chi connectivity index (χ3n) is 2.52. The second kappa shape index (κ2) is 5.77. The minimum absolute atomic E-state index is 0. The second-order valence-corrected chi connectivity index (χ2v) is 4.96. The molecule has 1 N–H and O–H groups in total. The van der Waals surface area contributed by atoms with Crippen LogP contribution in [0.3, 0.4) is 0 Å². The Hall–Kier alpha value is -0.690. The van der Waals surface area contributed by atoms with Gasteiger partial charge >= 0.3 is 0 Å². The number of carbonyl (C=O) groups excluding carboxylic acids is 1. The molecule has 0 unspecified atom stereocenters. The highest BCUT2D eigenvalue weighted by molar-refractivity contribution is 7.18. The summed E-state index contributed by atoms with van der Waals surface area (Å²) in [6.07, 6.45) is 0. The largest absolute Gasteiger partial charge is 1.00 e. The molecule has 0 radical (unpaired) electrons. The maximum atomic E-state index is 11.0. The first kappa shape index (κ1) is 14.4. The van der Waals surface area contributed by atoms with Crippen molar-refractivity contribution in [1.82, 2.24) is 0 Å². The Morgan fingerprint density at radius 3 is 2.76 bits per heavy atom. The van der Waals surface area contributed by atoms with Crippen molar-refractivity contribution in [2.75, 3.05) is 5.32 Å². The third-order valence-corrected chi connectivity index (χ3v) is 3.61. The monoisotopic (exact) mass is 362 g/mol. The minimum atomic E-state index is -0.0330. The summed E-state index contributed by atoms with van der Waals surface area (Å²) in [5.41, 5.74) is 2.05. The van der Waals surface area contributed by atoms with Crippen molar-refractivity contribution in [1.29, 1.82) is 0 Å². The van der Waals surface area contributed by atoms with Gasteiger partial charge in [0.15, 0.2) is 0 Å². The zero-order chi connectivity index (χ0) is 11.7. The van der Waals surface area contributed by atoms with E-state index in [0.29, 0.717) is 0 Å². The molecule has 0 atom stereocenters. The fraction of sp³-hybridized carbons (Fsp3) is 0.333. The smallest absolute Gasteiger partial charge is 0.235 e. The quantitative estimate of drug-likeness (QED) is 0.566. The SMILES string of the molecule is CC[n+]1c(C)sc2ccc(NC(C)=O)cc21.[I-]. The number of aromatic nitrogens is 1. The van der Waals surface area contributed by atoms with Gasteiger partial charge in [0.25, 0.3) is 0 Å². The maximum absolute atomic E-state index is 11.0. The van der Waals surface area contributed by atoms with Crippen LogP contribution < -0.4 is 33.9 Å². The minimum Gasteiger partial charge on any atom is -1.00 e. The predicted octanol–water partition coefficient (Wildman–Crippen LogP) is -0.520. The van der Waals surface area contributed by atoms with Crippen LogP contribution in [0.25, 0.3) is 10.2 Å². The fourth-order valence-corrected chi connectivity index (χ4v) is 2.94. The van der Waals surface area contributed by atoms with Crippen LogP contribution in [0.2, 0.25) is 0 Å². The molecule has 3 nitrogen and oxygen atoms in total. The first-order valence-electron chi connectivity index (χ1n) is 5.32. The van der Waals surface area contributed by atoms with E-state index in [2.05, 4.69) is 29.8 Å². The van der Waals surface area contributed by atoms with Crippen molar-refractivity contribution in [3.63, 3.8) is 0 Å². The standard InChI is InChI=1S/C12H14N2OS.HI/c1-4-14-9(3)16-12-6-5-10(7-11(12)14)13-8(2)15;/h5-7H,4H2,1-3H3;1H. The van der Waals surface area contributed by atoms with Gasteiger partial charge in [0.1, 0.15) is 11.2 Å². The number of hydrogen-bond acceptors (Lipinski definition) is 2. The molecule has 0 aliphatic heterocycles. The predicted molar refractivity (Wildman–Crippen MR) is 66.7 cm³/mol. The number of thiazole rings is 1. The number of aryl methyl sites for hydroxylation is 2. The first-order valence-corrected chi connectivity index (χ1v) is 6.14. The van der Waals surface area contributed by atoms with E-state index in [1.54, 1.807) is 11.3 Å². The number of nitrogens with zero attached hydrogens (tertiary/aromatic N) is 1. The number of rotatable bonds is 2. The van der Waals surface area contributed by atoms with Crippen molar-refractivity contribution in [2.24, 2.45) is 0 Å². The Bertz CT molecular complexity index is 551. The van der Waals surface area contributed by atoms with Gasteiger partial charge in [-0.3, -0.25) is 4.79 Å². The molecule has 0 saturated heterocycles. The molecule has 0 aliphatic rings. The van der Waals surface area contributed by atoms with Gasteiger partial charge in [-0.25, -0.2) is 0 Å². The molecular formula is C12H15IN2OS. The highest BCUT2D eigenvalue weighted by Crippen LogP contribution is 2.23. The van der Waals surface area contributed by atoms with Crippen molar-refractivity contribution >= 4 is 33.1 Å². The molecule has 17 heavy (non-hydrogen) atoms. The average molecular weight is 362 g/mol. The van der Waals surface area contributed by atoms with Crippen LogP contribution in [0.1, 0.15) is 18.9 Å². The van der Waals surface area contributed by atoms with Gasteiger partial charge in [-0.05, 0) is 19.1 Å². The number of anilines is 1. The summed E-state index contributed by atoms with van der Waals surface area (Å²) >= 11 is 1.78. The van der Waals surface area contributed by atoms with Crippen molar-refractivity contribution < 1.29 is 33.3 Å². The Morgan fingerprint density at radius 1 is 1.47 bits per heavy atom. The first-order chi connectivity index (χ1) is 7.61. The molecule has 5 heteroatoms. The van der Waals surface area contributed by atoms with Crippen molar-refractivity contribution in [3.8, 4) is 0 Å². The molecule has 0 saturated carbocycles. The van der Waals surface area contributed by atoms with E-state index in [1.165, 1.54) is 22.1 Å². The summed E-state index contributed by atoms with van der Waals surface area (Å²) in [5, 5.41) is 4.10. The highest BCUT2D eigenvalue weighted by atomic mass is 127. The Balaban J connectivity index is 0.00000144. The molecule has 0 bridgehead atoms. The Morgan fingerprint density at radius 2 is 2.18 bits per heavy atom. The summed E-state index contributed by atoms with van der Waals surface area (Å²) < 4.78 is 3.51. The number of hydrogen-bond donors (Lipinski definition) is 1. The molecular weight excluding hydrogens is 347 g/mol. The van der Waals surface area contributed by atoms with Gasteiger partial charge in [0.05, 0.1) is 0 Å². The van der Waals surface area contributed by atoms with Crippen LogP contribution >= 0.6 is 11.3 Å². The van der Waals surface area contributed by atoms with Crippen molar-refractivity contribution in [2.45, 2.75) is 27.3 Å². The second-order valence-electron chi connectivity index (χ2n) is 3.73.